The fourth-order valence-electron chi connectivity index (χ4n) is 1.40. The zero-order chi connectivity index (χ0) is 15.4. The molecule has 0 fully saturated rings. The molecular weight excluding hydrogens is 332 g/mol. The molecule has 0 saturated carbocycles. The molecule has 0 atom stereocenters. The molecule has 1 aromatic carbocycles. The van der Waals surface area contributed by atoms with Crippen LogP contribution < -0.4 is 4.74 Å². The predicted molar refractivity (Wildman–Crippen MR) is 91.8 cm³/mol. The Bertz CT molecular complexity index is 464. The van der Waals surface area contributed by atoms with E-state index in [1.54, 1.807) is 6.08 Å². The summed E-state index contributed by atoms with van der Waals surface area (Å²) in [4.78, 5) is 0. The zero-order valence-electron chi connectivity index (χ0n) is 13.1. The van der Waals surface area contributed by atoms with E-state index >= 15 is 0 Å². The quantitative estimate of drug-likeness (QED) is 0.492. The number of hydrogen-bond donors (Lipinski definition) is 0. The van der Waals surface area contributed by atoms with Gasteiger partial charge in [-0.05, 0) is 45.7 Å². The van der Waals surface area contributed by atoms with Gasteiger partial charge < -0.3 is 9.16 Å². The smallest absolute Gasteiger partial charge is 0.192 e. The van der Waals surface area contributed by atoms with Crippen molar-refractivity contribution in [3.8, 4) is 5.75 Å². The van der Waals surface area contributed by atoms with Gasteiger partial charge in [-0.25, -0.2) is 0 Å². The van der Waals surface area contributed by atoms with E-state index in [9.17, 15) is 0 Å². The van der Waals surface area contributed by atoms with Crippen LogP contribution in [0.25, 0.3) is 0 Å². The normalized spacial score (nSPS) is 12.3. The Labute approximate surface area is 132 Å². The van der Waals surface area contributed by atoms with Gasteiger partial charge in [0.15, 0.2) is 8.32 Å². The molecule has 0 heterocycles. The van der Waals surface area contributed by atoms with Crippen LogP contribution in [-0.2, 0) is 11.0 Å². The minimum atomic E-state index is -1.73. The molecule has 0 spiro atoms. The third-order valence-electron chi connectivity index (χ3n) is 3.79. The van der Waals surface area contributed by atoms with Crippen molar-refractivity contribution in [2.75, 3.05) is 6.61 Å². The van der Waals surface area contributed by atoms with E-state index in [0.29, 0.717) is 13.2 Å². The lowest BCUT2D eigenvalue weighted by molar-refractivity contribution is 0.274. The fourth-order valence-corrected chi connectivity index (χ4v) is 2.85. The van der Waals surface area contributed by atoms with Crippen molar-refractivity contribution in [3.63, 3.8) is 0 Å². The second kappa shape index (κ2) is 6.92. The second-order valence-corrected chi connectivity index (χ2v) is 12.0. The molecular formula is C16H25BrO2Si. The third kappa shape index (κ3) is 4.47. The highest BCUT2D eigenvalue weighted by Gasteiger charge is 2.37. The summed E-state index contributed by atoms with van der Waals surface area (Å²) in [5.74, 6) is 0.834. The van der Waals surface area contributed by atoms with E-state index in [1.807, 2.05) is 12.1 Å². The van der Waals surface area contributed by atoms with Crippen molar-refractivity contribution in [2.24, 2.45) is 0 Å². The molecule has 1 rings (SSSR count). The van der Waals surface area contributed by atoms with Gasteiger partial charge in [-0.1, -0.05) is 45.6 Å². The average molecular weight is 357 g/mol. The molecule has 0 amide bonds. The minimum absolute atomic E-state index is 0.219. The first-order valence-electron chi connectivity index (χ1n) is 6.84. The maximum Gasteiger partial charge on any atom is 0.192 e. The molecule has 0 saturated heterocycles. The third-order valence-corrected chi connectivity index (χ3v) is 9.17. The predicted octanol–water partition coefficient (Wildman–Crippen LogP) is 5.54. The maximum atomic E-state index is 6.25. The van der Waals surface area contributed by atoms with Gasteiger partial charge in [-0.15, -0.1) is 0 Å². The van der Waals surface area contributed by atoms with E-state index in [4.69, 9.17) is 9.16 Å². The van der Waals surface area contributed by atoms with Crippen molar-refractivity contribution in [1.29, 1.82) is 0 Å². The van der Waals surface area contributed by atoms with Crippen LogP contribution in [0, 0.1) is 0 Å². The standard InChI is InChI=1S/C16H25BrO2Si/c1-7-11-18-14-10-8-9-13(15(14)17)12-19-20(5,6)16(2,3)4/h7-10H,1,11-12H2,2-6H3. The topological polar surface area (TPSA) is 18.5 Å². The first kappa shape index (κ1) is 17.5. The molecule has 0 aliphatic heterocycles. The van der Waals surface area contributed by atoms with E-state index < -0.39 is 8.32 Å². The van der Waals surface area contributed by atoms with Gasteiger partial charge in [0, 0.05) is 0 Å². The van der Waals surface area contributed by atoms with Gasteiger partial charge in [0.25, 0.3) is 0 Å². The summed E-state index contributed by atoms with van der Waals surface area (Å²) in [6, 6.07) is 6.01. The first-order valence-corrected chi connectivity index (χ1v) is 10.5. The van der Waals surface area contributed by atoms with Gasteiger partial charge >= 0.3 is 0 Å². The van der Waals surface area contributed by atoms with Crippen molar-refractivity contribution in [3.05, 3.63) is 40.9 Å². The summed E-state index contributed by atoms with van der Waals surface area (Å²) in [6.45, 7) is 16.1. The summed E-state index contributed by atoms with van der Waals surface area (Å²) < 4.78 is 12.8. The molecule has 0 N–H and O–H groups in total. The largest absolute Gasteiger partial charge is 0.488 e. The number of ether oxygens (including phenoxy) is 1. The van der Waals surface area contributed by atoms with Crippen molar-refractivity contribution < 1.29 is 9.16 Å². The summed E-state index contributed by atoms with van der Waals surface area (Å²) in [6.07, 6.45) is 1.74. The Balaban J connectivity index is 2.81. The summed E-state index contributed by atoms with van der Waals surface area (Å²) in [7, 11) is -1.73. The highest BCUT2D eigenvalue weighted by molar-refractivity contribution is 9.10. The number of hydrogen-bond acceptors (Lipinski definition) is 2. The molecule has 20 heavy (non-hydrogen) atoms. The molecule has 0 bridgehead atoms. The Morgan fingerprint density at radius 2 is 1.95 bits per heavy atom. The molecule has 112 valence electrons. The molecule has 0 radical (unpaired) electrons. The van der Waals surface area contributed by atoms with Crippen LogP contribution in [0.1, 0.15) is 26.3 Å². The molecule has 2 nitrogen and oxygen atoms in total. The highest BCUT2D eigenvalue weighted by Crippen LogP contribution is 2.38. The number of benzene rings is 1. The van der Waals surface area contributed by atoms with Gasteiger partial charge in [0.05, 0.1) is 11.1 Å². The van der Waals surface area contributed by atoms with Crippen LogP contribution in [0.3, 0.4) is 0 Å². The Morgan fingerprint density at radius 3 is 2.50 bits per heavy atom. The molecule has 0 unspecified atom stereocenters. The first-order chi connectivity index (χ1) is 9.19. The fraction of sp³-hybridized carbons (Fsp3) is 0.500. The maximum absolute atomic E-state index is 6.25. The zero-order valence-corrected chi connectivity index (χ0v) is 15.7. The summed E-state index contributed by atoms with van der Waals surface area (Å²) >= 11 is 3.61. The monoisotopic (exact) mass is 356 g/mol. The van der Waals surface area contributed by atoms with Crippen molar-refractivity contribution >= 4 is 24.2 Å². The average Bonchev–Trinajstić information content (AvgIpc) is 2.35. The number of rotatable bonds is 6. The molecule has 4 heteroatoms. The van der Waals surface area contributed by atoms with Crippen LogP contribution in [0.15, 0.2) is 35.3 Å². The molecule has 0 aliphatic rings. The lowest BCUT2D eigenvalue weighted by atomic mass is 10.2. The highest BCUT2D eigenvalue weighted by atomic mass is 79.9. The molecule has 0 aromatic heterocycles. The van der Waals surface area contributed by atoms with Crippen LogP contribution >= 0.6 is 15.9 Å². The lowest BCUT2D eigenvalue weighted by Gasteiger charge is -2.36. The van der Waals surface area contributed by atoms with Crippen LogP contribution in [-0.4, -0.2) is 14.9 Å². The second-order valence-electron chi connectivity index (χ2n) is 6.38. The van der Waals surface area contributed by atoms with Crippen LogP contribution in [0.5, 0.6) is 5.75 Å². The van der Waals surface area contributed by atoms with Gasteiger partial charge in [-0.2, -0.15) is 0 Å². The van der Waals surface area contributed by atoms with E-state index in [0.717, 1.165) is 15.8 Å². The SMILES string of the molecule is C=CCOc1cccc(CO[Si](C)(C)C(C)(C)C)c1Br. The Hall–Kier alpha value is -0.583. The van der Waals surface area contributed by atoms with Gasteiger partial charge in [0.2, 0.25) is 0 Å². The minimum Gasteiger partial charge on any atom is -0.488 e. The molecule has 0 aliphatic carbocycles. The summed E-state index contributed by atoms with van der Waals surface area (Å²) in [5, 5.41) is 0.219. The van der Waals surface area contributed by atoms with E-state index in [-0.39, 0.29) is 5.04 Å². The lowest BCUT2D eigenvalue weighted by Crippen LogP contribution is -2.40. The molecule has 1 aromatic rings. The van der Waals surface area contributed by atoms with Crippen LogP contribution in [0.2, 0.25) is 18.1 Å². The van der Waals surface area contributed by atoms with Crippen molar-refractivity contribution in [1.82, 2.24) is 0 Å². The Kier molecular flexibility index (Phi) is 6.04. The van der Waals surface area contributed by atoms with Gasteiger partial charge in [-0.3, -0.25) is 0 Å². The van der Waals surface area contributed by atoms with Crippen molar-refractivity contribution in [2.45, 2.75) is 45.5 Å². The van der Waals surface area contributed by atoms with E-state index in [1.165, 1.54) is 0 Å². The van der Waals surface area contributed by atoms with E-state index in [2.05, 4.69) is 62.4 Å². The van der Waals surface area contributed by atoms with Gasteiger partial charge in [0.1, 0.15) is 12.4 Å². The Morgan fingerprint density at radius 1 is 1.30 bits per heavy atom. The van der Waals surface area contributed by atoms with Crippen LogP contribution in [0.4, 0.5) is 0 Å². The summed E-state index contributed by atoms with van der Waals surface area (Å²) in [5.41, 5.74) is 1.12. The number of halogens is 1.